The summed E-state index contributed by atoms with van der Waals surface area (Å²) in [6.07, 6.45) is 7.44. The molecule has 37 heavy (non-hydrogen) atoms. The fourth-order valence-electron chi connectivity index (χ4n) is 4.68. The van der Waals surface area contributed by atoms with Crippen LogP contribution in [0, 0.1) is 5.21 Å². The van der Waals surface area contributed by atoms with Gasteiger partial charge in [0.1, 0.15) is 22.8 Å². The fourth-order valence-corrected chi connectivity index (χ4v) is 4.68. The lowest BCUT2D eigenvalue weighted by Crippen LogP contribution is -2.38. The summed E-state index contributed by atoms with van der Waals surface area (Å²) in [5.74, 6) is 2.39. The molecule has 204 valence electrons. The van der Waals surface area contributed by atoms with E-state index in [0.717, 1.165) is 52.0 Å². The lowest BCUT2D eigenvalue weighted by molar-refractivity contribution is -0.576. The number of ether oxygens (including phenoxy) is 3. The average Bonchev–Trinajstić information content (AvgIpc) is 3.45. The molecule has 2 aliphatic heterocycles. The highest BCUT2D eigenvalue weighted by Crippen LogP contribution is 2.35. The van der Waals surface area contributed by atoms with Crippen LogP contribution in [0.4, 0.5) is 17.6 Å². The molecule has 0 aliphatic carbocycles. The summed E-state index contributed by atoms with van der Waals surface area (Å²) in [5.41, 5.74) is 11.5. The summed E-state index contributed by atoms with van der Waals surface area (Å²) < 4.78 is 16.3. The Morgan fingerprint density at radius 1 is 0.946 bits per heavy atom. The summed E-state index contributed by atoms with van der Waals surface area (Å²) >= 11 is 0. The third-order valence-electron chi connectivity index (χ3n) is 6.70. The van der Waals surface area contributed by atoms with E-state index in [1.54, 1.807) is 39.5 Å². The number of nitrogens with two attached hydrogens (primary N) is 2. The van der Waals surface area contributed by atoms with Crippen LogP contribution in [0.3, 0.4) is 0 Å². The number of benzene rings is 1. The molecule has 0 bridgehead atoms. The molecule has 0 amide bonds. The summed E-state index contributed by atoms with van der Waals surface area (Å²) in [7, 11) is 4.68. The molecular formula is C26H40N6O5. The first-order valence-electron chi connectivity index (χ1n) is 12.8. The number of aromatic nitrogens is 2. The third kappa shape index (κ3) is 7.51. The van der Waals surface area contributed by atoms with E-state index in [0.29, 0.717) is 39.8 Å². The molecule has 2 aliphatic rings. The van der Waals surface area contributed by atoms with E-state index in [9.17, 15) is 10.0 Å². The van der Waals surface area contributed by atoms with Gasteiger partial charge in [-0.1, -0.05) is 4.98 Å². The number of piperidine rings is 1. The minimum absolute atomic E-state index is 0.0514. The van der Waals surface area contributed by atoms with Gasteiger partial charge >= 0.3 is 5.95 Å². The molecule has 0 spiro atoms. The van der Waals surface area contributed by atoms with Crippen LogP contribution in [0.25, 0.3) is 0 Å². The molecule has 11 heteroatoms. The van der Waals surface area contributed by atoms with Crippen LogP contribution in [0.2, 0.25) is 0 Å². The second-order valence-electron chi connectivity index (χ2n) is 9.22. The number of hydrogen-bond acceptors (Lipinski definition) is 10. The number of nitrogens with zero attached hydrogens (tertiary/aromatic N) is 4. The van der Waals surface area contributed by atoms with Crippen LogP contribution < -0.4 is 35.3 Å². The maximum Gasteiger partial charge on any atom is 0.346 e. The number of likely N-dealkylation sites (tertiary alicyclic amines) is 1. The predicted octanol–water partition coefficient (Wildman–Crippen LogP) is 2.64. The van der Waals surface area contributed by atoms with Crippen molar-refractivity contribution >= 4 is 23.4 Å². The number of carbonyl (C=O) groups excluding carboxylic acids is 1. The number of nitrogen functional groups attached to an aromatic ring is 2. The minimum atomic E-state index is -0.0874. The van der Waals surface area contributed by atoms with Crippen LogP contribution in [0.15, 0.2) is 18.2 Å². The molecule has 1 aromatic heterocycles. The monoisotopic (exact) mass is 516 g/mol. The van der Waals surface area contributed by atoms with Crippen LogP contribution in [0.1, 0.15) is 55.3 Å². The Balaban J connectivity index is 0.000000220. The van der Waals surface area contributed by atoms with Gasteiger partial charge in [-0.25, -0.2) is 4.73 Å². The van der Waals surface area contributed by atoms with Crippen molar-refractivity contribution in [2.24, 2.45) is 0 Å². The largest absolute Gasteiger partial charge is 0.754 e. The Kier molecular flexibility index (Phi) is 10.4. The van der Waals surface area contributed by atoms with E-state index in [-0.39, 0.29) is 17.5 Å². The van der Waals surface area contributed by atoms with Crippen molar-refractivity contribution in [1.29, 1.82) is 0 Å². The minimum Gasteiger partial charge on any atom is -0.754 e. The molecule has 2 aromatic rings. The molecule has 2 fully saturated rings. The third-order valence-corrected chi connectivity index (χ3v) is 6.70. The standard InChI is InChI=1S/C17H25NO4.C9H15N5O/c1-20-13-11-15(21-2)17(16(12-13)22-3)14(19)7-6-10-18-8-4-5-9-18;10-7-6-8(12-9(11)14(7)15)13-4-2-1-3-5-13/h11-12H,4-10H2,1-3H3;6H,1-5,10H2,(H2,11,12). The lowest BCUT2D eigenvalue weighted by Gasteiger charge is -2.26. The van der Waals surface area contributed by atoms with E-state index in [4.69, 9.17) is 25.7 Å². The van der Waals surface area contributed by atoms with E-state index in [2.05, 4.69) is 14.8 Å². The maximum absolute atomic E-state index is 12.6. The molecule has 0 radical (unpaired) electrons. The van der Waals surface area contributed by atoms with Gasteiger partial charge in [-0.3, -0.25) is 4.79 Å². The van der Waals surface area contributed by atoms with E-state index in [1.807, 2.05) is 0 Å². The zero-order valence-corrected chi connectivity index (χ0v) is 22.2. The van der Waals surface area contributed by atoms with Gasteiger partial charge in [0.15, 0.2) is 17.4 Å². The van der Waals surface area contributed by atoms with E-state index >= 15 is 0 Å². The van der Waals surface area contributed by atoms with E-state index in [1.165, 1.54) is 19.3 Å². The molecule has 4 N–H and O–H groups in total. The van der Waals surface area contributed by atoms with Gasteiger partial charge < -0.3 is 40.7 Å². The van der Waals surface area contributed by atoms with Gasteiger partial charge in [-0.15, -0.1) is 0 Å². The Labute approximate surface area is 218 Å². The first kappa shape index (κ1) is 28.1. The normalized spacial score (nSPS) is 15.6. The van der Waals surface area contributed by atoms with Crippen molar-refractivity contribution in [1.82, 2.24) is 9.88 Å². The van der Waals surface area contributed by atoms with Crippen molar-refractivity contribution in [2.75, 3.05) is 70.4 Å². The first-order valence-corrected chi connectivity index (χ1v) is 12.8. The number of hydrogen-bond donors (Lipinski definition) is 2. The quantitative estimate of drug-likeness (QED) is 0.290. The van der Waals surface area contributed by atoms with Crippen LogP contribution in [0.5, 0.6) is 17.2 Å². The maximum atomic E-state index is 12.6. The summed E-state index contributed by atoms with van der Waals surface area (Å²) in [4.78, 5) is 21.1. The molecule has 0 unspecified atom stereocenters. The number of methoxy groups -OCH3 is 3. The number of carbonyl (C=O) groups is 1. The molecule has 2 saturated heterocycles. The SMILES string of the molecule is COc1cc(OC)c(C(=O)CCCN2CCCC2)c(OC)c1.Nc1cc(N2CCCCC2)nc(N)[n+]1[O-]. The van der Waals surface area contributed by atoms with Crippen LogP contribution in [-0.4, -0.2) is 69.7 Å². The van der Waals surface area contributed by atoms with Gasteiger partial charge in [0.25, 0.3) is 0 Å². The first-order chi connectivity index (χ1) is 17.9. The predicted molar refractivity (Wildman–Crippen MR) is 143 cm³/mol. The highest BCUT2D eigenvalue weighted by atomic mass is 16.5. The lowest BCUT2D eigenvalue weighted by atomic mass is 10.0. The molecule has 4 rings (SSSR count). The smallest absolute Gasteiger partial charge is 0.346 e. The highest BCUT2D eigenvalue weighted by molar-refractivity contribution is 6.01. The highest BCUT2D eigenvalue weighted by Gasteiger charge is 2.21. The molecule has 0 atom stereocenters. The van der Waals surface area contributed by atoms with Gasteiger partial charge in [0.2, 0.25) is 0 Å². The summed E-state index contributed by atoms with van der Waals surface area (Å²) in [6.45, 7) is 5.20. The summed E-state index contributed by atoms with van der Waals surface area (Å²) in [6, 6.07) is 5.02. The molecule has 3 heterocycles. The molecule has 11 nitrogen and oxygen atoms in total. The number of rotatable bonds is 9. The topological polar surface area (TPSA) is 143 Å². The number of anilines is 3. The second-order valence-corrected chi connectivity index (χ2v) is 9.22. The molecule has 1 aromatic carbocycles. The van der Waals surface area contributed by atoms with Gasteiger partial charge in [0, 0.05) is 31.6 Å². The van der Waals surface area contributed by atoms with Crippen molar-refractivity contribution in [3.05, 3.63) is 29.0 Å². The summed E-state index contributed by atoms with van der Waals surface area (Å²) in [5, 5.41) is 11.2. The Morgan fingerprint density at radius 2 is 1.54 bits per heavy atom. The van der Waals surface area contributed by atoms with Crippen LogP contribution in [-0.2, 0) is 0 Å². The molecular weight excluding hydrogens is 476 g/mol. The Hall–Kier alpha value is -3.47. The zero-order valence-electron chi connectivity index (χ0n) is 22.2. The number of Topliss-reactive ketones (excluding diaryl/α,β-unsaturated/α-hetero) is 1. The van der Waals surface area contributed by atoms with E-state index < -0.39 is 0 Å². The number of ketones is 1. The van der Waals surface area contributed by atoms with Gasteiger partial charge in [0.05, 0.1) is 27.4 Å². The van der Waals surface area contributed by atoms with Crippen molar-refractivity contribution in [3.63, 3.8) is 0 Å². The Bertz CT molecular complexity index is 990. The van der Waals surface area contributed by atoms with Crippen LogP contribution >= 0.6 is 0 Å². The van der Waals surface area contributed by atoms with Crippen molar-refractivity contribution < 1.29 is 23.7 Å². The van der Waals surface area contributed by atoms with Gasteiger partial charge in [-0.05, 0) is 58.2 Å². The van der Waals surface area contributed by atoms with Crippen molar-refractivity contribution in [2.45, 2.75) is 44.9 Å². The van der Waals surface area contributed by atoms with Crippen molar-refractivity contribution in [3.8, 4) is 17.2 Å². The van der Waals surface area contributed by atoms with Gasteiger partial charge in [-0.2, -0.15) is 0 Å². The second kappa shape index (κ2) is 13.7. The average molecular weight is 517 g/mol. The molecule has 0 saturated carbocycles. The fraction of sp³-hybridized carbons (Fsp3) is 0.577. The zero-order chi connectivity index (χ0) is 26.8. The Morgan fingerprint density at radius 3 is 2.08 bits per heavy atom.